The maximum Gasteiger partial charge on any atom is 0.135 e. The molecule has 20 heavy (non-hydrogen) atoms. The normalized spacial score (nSPS) is 14.9. The van der Waals surface area contributed by atoms with Gasteiger partial charge >= 0.3 is 0 Å². The van der Waals surface area contributed by atoms with Crippen LogP contribution in [0.4, 0.5) is 0 Å². The monoisotopic (exact) mass is 280 g/mol. The molecule has 0 saturated carbocycles. The van der Waals surface area contributed by atoms with E-state index in [4.69, 9.17) is 0 Å². The van der Waals surface area contributed by atoms with Gasteiger partial charge in [0.25, 0.3) is 0 Å². The van der Waals surface area contributed by atoms with Crippen molar-refractivity contribution in [3.05, 3.63) is 12.2 Å². The van der Waals surface area contributed by atoms with Gasteiger partial charge in [-0.15, -0.1) is 0 Å². The molecule has 1 nitrogen and oxygen atoms in total. The first kappa shape index (κ1) is 19.4. The summed E-state index contributed by atoms with van der Waals surface area (Å²) in [4.78, 5) is 11.8. The quantitative estimate of drug-likeness (QED) is 0.542. The van der Waals surface area contributed by atoms with Crippen molar-refractivity contribution in [2.45, 2.75) is 82.1 Å². The second-order valence-corrected chi connectivity index (χ2v) is 9.39. The Labute approximate surface area is 127 Å². The van der Waals surface area contributed by atoms with Gasteiger partial charge < -0.3 is 0 Å². The van der Waals surface area contributed by atoms with E-state index >= 15 is 0 Å². The third kappa shape index (κ3) is 5.81. The van der Waals surface area contributed by atoms with Crippen molar-refractivity contribution in [2.24, 2.45) is 21.7 Å². The van der Waals surface area contributed by atoms with Crippen molar-refractivity contribution >= 4 is 5.78 Å². The maximum absolute atomic E-state index is 11.8. The summed E-state index contributed by atoms with van der Waals surface area (Å²) in [5.41, 5.74) is 0.232. The van der Waals surface area contributed by atoms with E-state index in [1.54, 1.807) is 6.92 Å². The van der Waals surface area contributed by atoms with Crippen LogP contribution >= 0.6 is 0 Å². The Bertz CT molecular complexity index is 362. The largest absolute Gasteiger partial charge is 0.299 e. The zero-order valence-corrected chi connectivity index (χ0v) is 15.5. The van der Waals surface area contributed by atoms with Crippen LogP contribution in [0.15, 0.2) is 12.2 Å². The number of ketones is 1. The Morgan fingerprint density at radius 3 is 1.70 bits per heavy atom. The summed E-state index contributed by atoms with van der Waals surface area (Å²) < 4.78 is 0. The lowest BCUT2D eigenvalue weighted by Gasteiger charge is -2.44. The van der Waals surface area contributed by atoms with Gasteiger partial charge in [0, 0.05) is 5.41 Å². The molecule has 0 N–H and O–H groups in total. The SMILES string of the molecule is CC(=O)C(C)(C)CC(C)(C)C(C)(C)C=CCC(C)(C)C. The second-order valence-electron chi connectivity index (χ2n) is 9.39. The van der Waals surface area contributed by atoms with Crippen molar-refractivity contribution < 1.29 is 4.79 Å². The summed E-state index contributed by atoms with van der Waals surface area (Å²) in [5.74, 6) is 0.278. The summed E-state index contributed by atoms with van der Waals surface area (Å²) in [6.07, 6.45) is 6.64. The van der Waals surface area contributed by atoms with Crippen LogP contribution in [-0.2, 0) is 4.79 Å². The van der Waals surface area contributed by atoms with Gasteiger partial charge in [-0.1, -0.05) is 74.5 Å². The van der Waals surface area contributed by atoms with E-state index in [2.05, 4.69) is 74.5 Å². The molecule has 0 aromatic carbocycles. The highest BCUT2D eigenvalue weighted by Gasteiger charge is 2.40. The number of hydrogen-bond acceptors (Lipinski definition) is 1. The van der Waals surface area contributed by atoms with E-state index in [1.165, 1.54) is 0 Å². The van der Waals surface area contributed by atoms with Crippen molar-refractivity contribution in [3.63, 3.8) is 0 Å². The fourth-order valence-corrected chi connectivity index (χ4v) is 2.39. The van der Waals surface area contributed by atoms with Gasteiger partial charge in [-0.3, -0.25) is 4.79 Å². The molecule has 0 saturated heterocycles. The summed E-state index contributed by atoms with van der Waals surface area (Å²) in [6.45, 7) is 21.7. The smallest absolute Gasteiger partial charge is 0.135 e. The topological polar surface area (TPSA) is 17.1 Å². The van der Waals surface area contributed by atoms with Crippen molar-refractivity contribution in [1.29, 1.82) is 0 Å². The Morgan fingerprint density at radius 2 is 1.35 bits per heavy atom. The zero-order chi connectivity index (χ0) is 16.4. The lowest BCUT2D eigenvalue weighted by molar-refractivity contribution is -0.127. The van der Waals surface area contributed by atoms with E-state index < -0.39 is 0 Å². The van der Waals surface area contributed by atoms with Crippen LogP contribution in [-0.4, -0.2) is 5.78 Å². The van der Waals surface area contributed by atoms with Gasteiger partial charge in [0.15, 0.2) is 0 Å². The van der Waals surface area contributed by atoms with E-state index in [-0.39, 0.29) is 22.0 Å². The van der Waals surface area contributed by atoms with E-state index in [9.17, 15) is 4.79 Å². The highest BCUT2D eigenvalue weighted by Crippen LogP contribution is 2.47. The molecule has 0 radical (unpaired) electrons. The minimum absolute atomic E-state index is 0.0744. The molecule has 0 aliphatic carbocycles. The Morgan fingerprint density at radius 1 is 0.900 bits per heavy atom. The van der Waals surface area contributed by atoms with Gasteiger partial charge in [0.05, 0.1) is 0 Å². The number of allylic oxidation sites excluding steroid dienone is 2. The molecule has 0 heterocycles. The van der Waals surface area contributed by atoms with E-state index in [1.807, 2.05) is 0 Å². The van der Waals surface area contributed by atoms with Crippen LogP contribution in [0.1, 0.15) is 82.1 Å². The predicted octanol–water partition coefficient (Wildman–Crippen LogP) is 6.04. The Kier molecular flexibility index (Phi) is 5.86. The first-order chi connectivity index (χ1) is 8.61. The van der Waals surface area contributed by atoms with Crippen LogP contribution < -0.4 is 0 Å². The fourth-order valence-electron chi connectivity index (χ4n) is 2.39. The van der Waals surface area contributed by atoms with Gasteiger partial charge in [-0.05, 0) is 36.0 Å². The lowest BCUT2D eigenvalue weighted by atomic mass is 9.60. The van der Waals surface area contributed by atoms with Crippen LogP contribution in [0, 0.1) is 21.7 Å². The molecular formula is C19H36O. The molecular weight excluding hydrogens is 244 g/mol. The molecule has 0 bridgehead atoms. The molecule has 118 valence electrons. The lowest BCUT2D eigenvalue weighted by Crippen LogP contribution is -2.37. The summed E-state index contributed by atoms with van der Waals surface area (Å²) in [5, 5.41) is 0. The molecule has 0 spiro atoms. The first-order valence-electron chi connectivity index (χ1n) is 7.80. The van der Waals surface area contributed by atoms with Crippen LogP contribution in [0.3, 0.4) is 0 Å². The highest BCUT2D eigenvalue weighted by atomic mass is 16.1. The van der Waals surface area contributed by atoms with Gasteiger partial charge in [-0.25, -0.2) is 0 Å². The number of hydrogen-bond donors (Lipinski definition) is 0. The van der Waals surface area contributed by atoms with Gasteiger partial charge in [0.2, 0.25) is 0 Å². The second kappa shape index (κ2) is 6.03. The molecule has 0 aromatic heterocycles. The molecule has 0 aromatic rings. The zero-order valence-electron chi connectivity index (χ0n) is 15.5. The van der Waals surface area contributed by atoms with Crippen LogP contribution in [0.5, 0.6) is 0 Å². The molecule has 0 atom stereocenters. The minimum Gasteiger partial charge on any atom is -0.299 e. The third-order valence-electron chi connectivity index (χ3n) is 4.85. The molecule has 0 rings (SSSR count). The summed E-state index contributed by atoms with van der Waals surface area (Å²) in [6, 6.07) is 0. The molecule has 1 heteroatoms. The molecule has 0 unspecified atom stereocenters. The third-order valence-corrected chi connectivity index (χ3v) is 4.85. The molecule has 0 fully saturated rings. The van der Waals surface area contributed by atoms with Crippen LogP contribution in [0.2, 0.25) is 0 Å². The average molecular weight is 280 g/mol. The van der Waals surface area contributed by atoms with E-state index in [0.29, 0.717) is 5.41 Å². The van der Waals surface area contributed by atoms with Gasteiger partial charge in [-0.2, -0.15) is 0 Å². The number of Topliss-reactive ketones (excluding diaryl/α,β-unsaturated/α-hetero) is 1. The highest BCUT2D eigenvalue weighted by molar-refractivity contribution is 5.81. The molecule has 0 aliphatic heterocycles. The van der Waals surface area contributed by atoms with Crippen molar-refractivity contribution in [3.8, 4) is 0 Å². The van der Waals surface area contributed by atoms with Crippen LogP contribution in [0.25, 0.3) is 0 Å². The van der Waals surface area contributed by atoms with Crippen molar-refractivity contribution in [2.75, 3.05) is 0 Å². The fraction of sp³-hybridized carbons (Fsp3) is 0.842. The number of rotatable bonds is 6. The minimum atomic E-state index is -0.251. The number of carbonyl (C=O) groups excluding carboxylic acids is 1. The first-order valence-corrected chi connectivity index (χ1v) is 7.80. The van der Waals surface area contributed by atoms with Crippen molar-refractivity contribution in [1.82, 2.24) is 0 Å². The average Bonchev–Trinajstić information content (AvgIpc) is 2.12. The standard InChI is InChI=1S/C19H36O/c1-15(20)17(5,6)14-19(9,10)18(7,8)13-11-12-16(2,3)4/h11,13H,12,14H2,1-10H3. The Hall–Kier alpha value is -0.590. The van der Waals surface area contributed by atoms with E-state index in [0.717, 1.165) is 12.8 Å². The van der Waals surface area contributed by atoms with Gasteiger partial charge in [0.1, 0.15) is 5.78 Å². The summed E-state index contributed by atoms with van der Waals surface area (Å²) >= 11 is 0. The summed E-state index contributed by atoms with van der Waals surface area (Å²) in [7, 11) is 0. The maximum atomic E-state index is 11.8. The Balaban J connectivity index is 5.03. The predicted molar refractivity (Wildman–Crippen MR) is 89.9 cm³/mol. The number of carbonyl (C=O) groups is 1. The molecule has 0 aliphatic rings. The molecule has 0 amide bonds.